The maximum absolute atomic E-state index is 12.8. The second-order valence-electron chi connectivity index (χ2n) is 7.80. The van der Waals surface area contributed by atoms with Crippen molar-refractivity contribution in [2.75, 3.05) is 5.32 Å². The summed E-state index contributed by atoms with van der Waals surface area (Å²) in [7, 11) is 0. The van der Waals surface area contributed by atoms with E-state index in [1.807, 2.05) is 25.1 Å². The highest BCUT2D eigenvalue weighted by atomic mass is 16.2. The third kappa shape index (κ3) is 4.74. The van der Waals surface area contributed by atoms with Gasteiger partial charge in [-0.15, -0.1) is 10.2 Å². The molecule has 3 amide bonds. The molecule has 4 N–H and O–H groups in total. The number of anilines is 1. The Bertz CT molecular complexity index is 1100. The molecule has 2 aromatic carbocycles. The predicted octanol–water partition coefficient (Wildman–Crippen LogP) is 3.40. The molecule has 3 aromatic rings. The molecule has 0 radical (unpaired) electrons. The number of nitrogens with zero attached hydrogens (tertiary/aromatic N) is 3. The molecule has 0 spiro atoms. The van der Waals surface area contributed by atoms with Crippen LogP contribution in [0.5, 0.6) is 0 Å². The van der Waals surface area contributed by atoms with Crippen LogP contribution in [0.25, 0.3) is 11.4 Å². The lowest BCUT2D eigenvalue weighted by Gasteiger charge is -2.12. The quantitative estimate of drug-likeness (QED) is 0.589. The number of carbonyl (C=O) groups excluding carboxylic acids is 2. The lowest BCUT2D eigenvalue weighted by molar-refractivity contribution is 0.102. The van der Waals surface area contributed by atoms with E-state index in [1.165, 1.54) is 6.42 Å². The largest absolute Gasteiger partial charge is 0.352 e. The van der Waals surface area contributed by atoms with E-state index in [2.05, 4.69) is 25.4 Å². The fourth-order valence-corrected chi connectivity index (χ4v) is 3.75. The van der Waals surface area contributed by atoms with Crippen LogP contribution in [-0.4, -0.2) is 26.7 Å². The van der Waals surface area contributed by atoms with Crippen LogP contribution in [0, 0.1) is 6.92 Å². The zero-order valence-electron chi connectivity index (χ0n) is 17.5. The number of hydrogen-bond donors (Lipinski definition) is 3. The Balaban J connectivity index is 1.52. The minimum absolute atomic E-state index is 0.199. The number of hydrogen-bond acceptors (Lipinski definition) is 4. The van der Waals surface area contributed by atoms with Crippen LogP contribution < -0.4 is 16.4 Å². The fraction of sp³-hybridized carbons (Fsp3) is 0.304. The molecule has 0 bridgehead atoms. The Morgan fingerprint density at radius 3 is 2.65 bits per heavy atom. The molecule has 1 aromatic heterocycles. The number of benzene rings is 2. The molecule has 1 aliphatic rings. The fourth-order valence-electron chi connectivity index (χ4n) is 3.75. The van der Waals surface area contributed by atoms with Crippen molar-refractivity contribution >= 4 is 17.6 Å². The highest BCUT2D eigenvalue weighted by molar-refractivity contribution is 6.04. The van der Waals surface area contributed by atoms with Gasteiger partial charge in [0.2, 0.25) is 0 Å². The molecular weight excluding hydrogens is 392 g/mol. The van der Waals surface area contributed by atoms with Crippen LogP contribution in [0.4, 0.5) is 10.5 Å². The van der Waals surface area contributed by atoms with Gasteiger partial charge in [0.1, 0.15) is 5.82 Å². The van der Waals surface area contributed by atoms with Crippen molar-refractivity contribution in [3.63, 3.8) is 0 Å². The molecule has 0 fully saturated rings. The number of urea groups is 1. The van der Waals surface area contributed by atoms with E-state index in [0.717, 1.165) is 59.8 Å². The monoisotopic (exact) mass is 418 g/mol. The van der Waals surface area contributed by atoms with Crippen molar-refractivity contribution in [2.24, 2.45) is 5.73 Å². The van der Waals surface area contributed by atoms with Gasteiger partial charge in [-0.05, 0) is 49.1 Å². The molecule has 1 aliphatic heterocycles. The number of amides is 3. The van der Waals surface area contributed by atoms with Gasteiger partial charge < -0.3 is 20.9 Å². The van der Waals surface area contributed by atoms with E-state index in [9.17, 15) is 9.59 Å². The number of carbonyl (C=O) groups is 2. The number of primary amides is 1. The molecule has 0 unspecified atom stereocenters. The second-order valence-corrected chi connectivity index (χ2v) is 7.80. The lowest BCUT2D eigenvalue weighted by Crippen LogP contribution is -2.28. The van der Waals surface area contributed by atoms with E-state index in [1.54, 1.807) is 24.3 Å². The lowest BCUT2D eigenvalue weighted by atomic mass is 10.1. The smallest absolute Gasteiger partial charge is 0.312 e. The van der Waals surface area contributed by atoms with Gasteiger partial charge >= 0.3 is 6.03 Å². The summed E-state index contributed by atoms with van der Waals surface area (Å²) >= 11 is 0. The average molecular weight is 419 g/mol. The van der Waals surface area contributed by atoms with Crippen molar-refractivity contribution in [1.82, 2.24) is 20.1 Å². The first-order valence-corrected chi connectivity index (χ1v) is 10.5. The average Bonchev–Trinajstić information content (AvgIpc) is 3.02. The van der Waals surface area contributed by atoms with Crippen molar-refractivity contribution in [3.8, 4) is 11.4 Å². The molecule has 2 heterocycles. The van der Waals surface area contributed by atoms with Gasteiger partial charge in [-0.2, -0.15) is 0 Å². The Morgan fingerprint density at radius 1 is 1.06 bits per heavy atom. The Hall–Kier alpha value is -3.68. The van der Waals surface area contributed by atoms with Crippen LogP contribution in [0.2, 0.25) is 0 Å². The van der Waals surface area contributed by atoms with E-state index < -0.39 is 6.03 Å². The number of nitrogens with one attached hydrogen (secondary N) is 2. The number of nitrogens with two attached hydrogens (primary N) is 1. The predicted molar refractivity (Wildman–Crippen MR) is 119 cm³/mol. The standard InChI is InChI=1S/C23H26N6O2/c1-15-6-9-18(21-28-27-20-5-3-2-4-12-29(20)21)13-19(15)26-22(30)17-10-7-16(8-11-17)14-25-23(24)31/h6-11,13H,2-5,12,14H2,1H3,(H,26,30)(H3,24,25,31). The van der Waals surface area contributed by atoms with Crippen molar-refractivity contribution in [1.29, 1.82) is 0 Å². The number of aromatic nitrogens is 3. The zero-order chi connectivity index (χ0) is 21.8. The van der Waals surface area contributed by atoms with Gasteiger partial charge in [0.15, 0.2) is 5.82 Å². The Labute approximate surface area is 180 Å². The van der Waals surface area contributed by atoms with Gasteiger partial charge in [0.25, 0.3) is 5.91 Å². The minimum atomic E-state index is -0.582. The summed E-state index contributed by atoms with van der Waals surface area (Å²) in [6.07, 6.45) is 4.42. The molecule has 8 nitrogen and oxygen atoms in total. The van der Waals surface area contributed by atoms with Gasteiger partial charge in [-0.25, -0.2) is 4.79 Å². The van der Waals surface area contributed by atoms with Gasteiger partial charge in [0.05, 0.1) is 0 Å². The van der Waals surface area contributed by atoms with Crippen LogP contribution in [-0.2, 0) is 19.5 Å². The van der Waals surface area contributed by atoms with Crippen molar-refractivity contribution in [3.05, 3.63) is 65.0 Å². The van der Waals surface area contributed by atoms with E-state index in [-0.39, 0.29) is 5.91 Å². The highest BCUT2D eigenvalue weighted by Gasteiger charge is 2.17. The van der Waals surface area contributed by atoms with Crippen LogP contribution in [0.15, 0.2) is 42.5 Å². The first-order chi connectivity index (χ1) is 15.0. The van der Waals surface area contributed by atoms with Crippen LogP contribution in [0.3, 0.4) is 0 Å². The second kappa shape index (κ2) is 8.99. The number of fused-ring (bicyclic) bond motifs is 1. The molecule has 160 valence electrons. The molecule has 0 saturated heterocycles. The summed E-state index contributed by atoms with van der Waals surface area (Å²) in [5.74, 6) is 1.68. The Morgan fingerprint density at radius 2 is 1.87 bits per heavy atom. The maximum Gasteiger partial charge on any atom is 0.312 e. The topological polar surface area (TPSA) is 115 Å². The zero-order valence-corrected chi connectivity index (χ0v) is 17.5. The summed E-state index contributed by atoms with van der Waals surface area (Å²) in [6.45, 7) is 3.20. The van der Waals surface area contributed by atoms with E-state index >= 15 is 0 Å². The minimum Gasteiger partial charge on any atom is -0.352 e. The number of rotatable bonds is 5. The maximum atomic E-state index is 12.8. The van der Waals surface area contributed by atoms with Gasteiger partial charge in [-0.1, -0.05) is 30.7 Å². The summed E-state index contributed by atoms with van der Waals surface area (Å²) in [5.41, 5.74) is 9.13. The molecular formula is C23H26N6O2. The van der Waals surface area contributed by atoms with Crippen molar-refractivity contribution in [2.45, 2.75) is 45.7 Å². The van der Waals surface area contributed by atoms with Crippen LogP contribution in [0.1, 0.15) is 46.6 Å². The summed E-state index contributed by atoms with van der Waals surface area (Å²) < 4.78 is 2.20. The normalized spacial score (nSPS) is 13.2. The third-order valence-corrected chi connectivity index (χ3v) is 5.54. The molecule has 0 atom stereocenters. The first kappa shape index (κ1) is 20.6. The molecule has 31 heavy (non-hydrogen) atoms. The van der Waals surface area contributed by atoms with Gasteiger partial charge in [-0.3, -0.25) is 4.79 Å². The number of aryl methyl sites for hydroxylation is 2. The Kier molecular flexibility index (Phi) is 5.97. The SMILES string of the molecule is Cc1ccc(-c2nnc3n2CCCCC3)cc1NC(=O)c1ccc(CNC(N)=O)cc1. The van der Waals surface area contributed by atoms with Gasteiger partial charge in [0, 0.05) is 36.3 Å². The van der Waals surface area contributed by atoms with E-state index in [0.29, 0.717) is 12.1 Å². The third-order valence-electron chi connectivity index (χ3n) is 5.54. The molecule has 0 aliphatic carbocycles. The van der Waals surface area contributed by atoms with Crippen LogP contribution >= 0.6 is 0 Å². The summed E-state index contributed by atoms with van der Waals surface area (Å²) in [6, 6.07) is 12.4. The molecule has 8 heteroatoms. The first-order valence-electron chi connectivity index (χ1n) is 10.5. The summed E-state index contributed by atoms with van der Waals surface area (Å²) in [4.78, 5) is 23.6. The highest BCUT2D eigenvalue weighted by Crippen LogP contribution is 2.27. The van der Waals surface area contributed by atoms with Crippen molar-refractivity contribution < 1.29 is 9.59 Å². The molecule has 0 saturated carbocycles. The molecule has 4 rings (SSSR count). The van der Waals surface area contributed by atoms with E-state index in [4.69, 9.17) is 5.73 Å². The summed E-state index contributed by atoms with van der Waals surface area (Å²) in [5, 5.41) is 14.3.